The Morgan fingerprint density at radius 2 is 1.80 bits per heavy atom. The highest BCUT2D eigenvalue weighted by Gasteiger charge is 2.36. The van der Waals surface area contributed by atoms with Crippen molar-refractivity contribution in [3.8, 4) is 5.75 Å². The van der Waals surface area contributed by atoms with Gasteiger partial charge in [0.05, 0.1) is 23.4 Å². The molecule has 1 fully saturated rings. The van der Waals surface area contributed by atoms with Crippen molar-refractivity contribution in [1.82, 2.24) is 4.90 Å². The number of methoxy groups -OCH3 is 1. The maximum absolute atomic E-state index is 12.9. The zero-order valence-corrected chi connectivity index (χ0v) is 14.9. The van der Waals surface area contributed by atoms with Gasteiger partial charge in [0.15, 0.2) is 0 Å². The van der Waals surface area contributed by atoms with E-state index < -0.39 is 6.04 Å². The Morgan fingerprint density at radius 3 is 2.52 bits per heavy atom. The fraction of sp³-hybridized carbons (Fsp3) is 0.263. The first-order chi connectivity index (χ1) is 12.0. The SMILES string of the molecule is COc1ccccc1N1CCN(C(=O)c2ccccc2Cl)[C@@H](C)C1=O. The van der Waals surface area contributed by atoms with E-state index in [0.29, 0.717) is 35.1 Å². The minimum atomic E-state index is -0.581. The van der Waals surface area contributed by atoms with Gasteiger partial charge in [0, 0.05) is 13.1 Å². The van der Waals surface area contributed by atoms with Crippen LogP contribution in [0.25, 0.3) is 0 Å². The van der Waals surface area contributed by atoms with Crippen LogP contribution in [0.4, 0.5) is 5.69 Å². The molecule has 25 heavy (non-hydrogen) atoms. The summed E-state index contributed by atoms with van der Waals surface area (Å²) in [6.45, 7) is 2.56. The average Bonchev–Trinajstić information content (AvgIpc) is 2.64. The van der Waals surface area contributed by atoms with Crippen LogP contribution in [0.1, 0.15) is 17.3 Å². The summed E-state index contributed by atoms with van der Waals surface area (Å²) >= 11 is 6.13. The molecule has 1 atom stereocenters. The number of hydrogen-bond acceptors (Lipinski definition) is 3. The van der Waals surface area contributed by atoms with Gasteiger partial charge in [-0.25, -0.2) is 0 Å². The summed E-state index contributed by atoms with van der Waals surface area (Å²) in [4.78, 5) is 28.9. The number of nitrogens with zero attached hydrogens (tertiary/aromatic N) is 2. The highest BCUT2D eigenvalue weighted by atomic mass is 35.5. The molecule has 2 aromatic rings. The van der Waals surface area contributed by atoms with Gasteiger partial charge in [0.2, 0.25) is 5.91 Å². The fourth-order valence-electron chi connectivity index (χ4n) is 3.03. The second-order valence-corrected chi connectivity index (χ2v) is 6.22. The standard InChI is InChI=1S/C19H19ClN2O3/c1-13-18(23)22(16-9-5-6-10-17(16)25-2)12-11-21(13)19(24)14-7-3-4-8-15(14)20/h3-10,13H,11-12H2,1-2H3/t13-/m0/s1. The van der Waals surface area contributed by atoms with E-state index in [1.807, 2.05) is 24.3 Å². The second kappa shape index (κ2) is 7.15. The van der Waals surface area contributed by atoms with Crippen LogP contribution in [0, 0.1) is 0 Å². The Balaban J connectivity index is 1.85. The van der Waals surface area contributed by atoms with Gasteiger partial charge in [-0.05, 0) is 31.2 Å². The third-order valence-corrected chi connectivity index (χ3v) is 4.73. The van der Waals surface area contributed by atoms with Gasteiger partial charge in [-0.3, -0.25) is 9.59 Å². The summed E-state index contributed by atoms with van der Waals surface area (Å²) in [7, 11) is 1.57. The minimum Gasteiger partial charge on any atom is -0.495 e. The molecule has 2 aromatic carbocycles. The predicted octanol–water partition coefficient (Wildman–Crippen LogP) is 3.23. The Morgan fingerprint density at radius 1 is 1.12 bits per heavy atom. The molecule has 0 aliphatic carbocycles. The molecule has 0 spiro atoms. The summed E-state index contributed by atoms with van der Waals surface area (Å²) < 4.78 is 5.35. The lowest BCUT2D eigenvalue weighted by Gasteiger charge is -2.39. The molecule has 0 N–H and O–H groups in total. The summed E-state index contributed by atoms with van der Waals surface area (Å²) in [5.41, 5.74) is 1.13. The van der Waals surface area contributed by atoms with E-state index >= 15 is 0 Å². The van der Waals surface area contributed by atoms with E-state index in [-0.39, 0.29) is 11.8 Å². The first kappa shape index (κ1) is 17.3. The number of hydrogen-bond donors (Lipinski definition) is 0. The highest BCUT2D eigenvalue weighted by Crippen LogP contribution is 2.30. The molecular weight excluding hydrogens is 340 g/mol. The maximum atomic E-state index is 12.9. The largest absolute Gasteiger partial charge is 0.495 e. The molecule has 2 amide bonds. The number of carbonyl (C=O) groups excluding carboxylic acids is 2. The molecule has 5 nitrogen and oxygen atoms in total. The van der Waals surface area contributed by atoms with Gasteiger partial charge >= 0.3 is 0 Å². The number of piperazine rings is 1. The first-order valence-corrected chi connectivity index (χ1v) is 8.42. The number of amides is 2. The molecule has 0 aromatic heterocycles. The van der Waals surface area contributed by atoms with E-state index in [4.69, 9.17) is 16.3 Å². The fourth-order valence-corrected chi connectivity index (χ4v) is 3.25. The molecule has 3 rings (SSSR count). The summed E-state index contributed by atoms with van der Waals surface area (Å²) in [5.74, 6) is 0.260. The number of para-hydroxylation sites is 2. The molecule has 0 bridgehead atoms. The smallest absolute Gasteiger partial charge is 0.256 e. The zero-order chi connectivity index (χ0) is 18.0. The predicted molar refractivity (Wildman–Crippen MR) is 97.3 cm³/mol. The Kier molecular flexibility index (Phi) is 4.95. The van der Waals surface area contributed by atoms with Crippen molar-refractivity contribution in [2.75, 3.05) is 25.1 Å². The van der Waals surface area contributed by atoms with E-state index in [2.05, 4.69) is 0 Å². The van der Waals surface area contributed by atoms with Crippen LogP contribution in [0.15, 0.2) is 48.5 Å². The number of carbonyl (C=O) groups is 2. The van der Waals surface area contributed by atoms with E-state index in [0.717, 1.165) is 0 Å². The molecule has 6 heteroatoms. The lowest BCUT2D eigenvalue weighted by molar-refractivity contribution is -0.124. The first-order valence-electron chi connectivity index (χ1n) is 8.04. The number of rotatable bonds is 3. The Hall–Kier alpha value is -2.53. The van der Waals surface area contributed by atoms with E-state index in [1.54, 1.807) is 48.1 Å². The molecule has 0 saturated carbocycles. The summed E-state index contributed by atoms with van der Waals surface area (Å²) in [6, 6.07) is 13.7. The molecule has 1 aliphatic rings. The monoisotopic (exact) mass is 358 g/mol. The summed E-state index contributed by atoms with van der Waals surface area (Å²) in [6.07, 6.45) is 0. The lowest BCUT2D eigenvalue weighted by atomic mass is 10.1. The number of benzene rings is 2. The van der Waals surface area contributed by atoms with Crippen molar-refractivity contribution in [3.63, 3.8) is 0 Å². The quantitative estimate of drug-likeness (QED) is 0.846. The molecule has 1 aliphatic heterocycles. The van der Waals surface area contributed by atoms with Gasteiger partial charge < -0.3 is 14.5 Å². The van der Waals surface area contributed by atoms with Crippen LogP contribution >= 0.6 is 11.6 Å². The molecule has 1 saturated heterocycles. The van der Waals surface area contributed by atoms with Crippen LogP contribution < -0.4 is 9.64 Å². The minimum absolute atomic E-state index is 0.142. The van der Waals surface area contributed by atoms with Gasteiger partial charge in [-0.2, -0.15) is 0 Å². The van der Waals surface area contributed by atoms with Crippen molar-refractivity contribution in [1.29, 1.82) is 0 Å². The third kappa shape index (κ3) is 3.20. The number of ether oxygens (including phenoxy) is 1. The van der Waals surface area contributed by atoms with Crippen LogP contribution in [-0.4, -0.2) is 43.0 Å². The number of halogens is 1. The van der Waals surface area contributed by atoms with E-state index in [9.17, 15) is 9.59 Å². The second-order valence-electron chi connectivity index (χ2n) is 5.82. The van der Waals surface area contributed by atoms with Crippen LogP contribution in [0.2, 0.25) is 5.02 Å². The normalized spacial score (nSPS) is 17.6. The topological polar surface area (TPSA) is 49.9 Å². The van der Waals surface area contributed by atoms with Gasteiger partial charge in [0.1, 0.15) is 11.8 Å². The van der Waals surface area contributed by atoms with Crippen LogP contribution in [0.5, 0.6) is 5.75 Å². The Labute approximate surface area is 151 Å². The van der Waals surface area contributed by atoms with E-state index in [1.165, 1.54) is 0 Å². The molecule has 0 unspecified atom stereocenters. The van der Waals surface area contributed by atoms with Gasteiger partial charge in [0.25, 0.3) is 5.91 Å². The Bertz CT molecular complexity index is 809. The summed E-state index contributed by atoms with van der Waals surface area (Å²) in [5, 5.41) is 0.388. The van der Waals surface area contributed by atoms with Crippen molar-refractivity contribution in [3.05, 3.63) is 59.1 Å². The van der Waals surface area contributed by atoms with Gasteiger partial charge in [-0.1, -0.05) is 35.9 Å². The van der Waals surface area contributed by atoms with Crippen molar-refractivity contribution in [2.24, 2.45) is 0 Å². The number of anilines is 1. The third-order valence-electron chi connectivity index (χ3n) is 4.40. The van der Waals surface area contributed by atoms with Crippen LogP contribution in [-0.2, 0) is 4.79 Å². The molecule has 0 radical (unpaired) electrons. The lowest BCUT2D eigenvalue weighted by Crippen LogP contribution is -2.57. The molecular formula is C19H19ClN2O3. The van der Waals surface area contributed by atoms with Crippen LogP contribution in [0.3, 0.4) is 0 Å². The van der Waals surface area contributed by atoms with Crippen molar-refractivity contribution < 1.29 is 14.3 Å². The molecule has 1 heterocycles. The van der Waals surface area contributed by atoms with Gasteiger partial charge in [-0.15, -0.1) is 0 Å². The maximum Gasteiger partial charge on any atom is 0.256 e. The van der Waals surface area contributed by atoms with Crippen molar-refractivity contribution in [2.45, 2.75) is 13.0 Å². The van der Waals surface area contributed by atoms with Crippen molar-refractivity contribution >= 4 is 29.1 Å². The average molecular weight is 359 g/mol. The molecule has 130 valence electrons. The zero-order valence-electron chi connectivity index (χ0n) is 14.1. The highest BCUT2D eigenvalue weighted by molar-refractivity contribution is 6.33.